The second-order valence-electron chi connectivity index (χ2n) is 7.34. The van der Waals surface area contributed by atoms with Crippen LogP contribution in [0.1, 0.15) is 36.2 Å². The third kappa shape index (κ3) is 3.85. The van der Waals surface area contributed by atoms with Gasteiger partial charge in [0.05, 0.1) is 22.2 Å². The fourth-order valence-electron chi connectivity index (χ4n) is 3.23. The van der Waals surface area contributed by atoms with Gasteiger partial charge in [-0.05, 0) is 25.5 Å². The van der Waals surface area contributed by atoms with Crippen LogP contribution in [-0.2, 0) is 0 Å². The molecule has 4 rings (SSSR count). The van der Waals surface area contributed by atoms with Crippen molar-refractivity contribution in [1.82, 2.24) is 20.0 Å². The Morgan fingerprint density at radius 3 is 2.66 bits per heavy atom. The zero-order chi connectivity index (χ0) is 22.8. The molecule has 1 amide bonds. The van der Waals surface area contributed by atoms with Gasteiger partial charge in [-0.15, -0.1) is 0 Å². The van der Waals surface area contributed by atoms with E-state index in [4.69, 9.17) is 5.73 Å². The molecule has 0 aliphatic rings. The summed E-state index contributed by atoms with van der Waals surface area (Å²) in [6.07, 6.45) is 2.18. The molecule has 2 aromatic carbocycles. The van der Waals surface area contributed by atoms with Crippen LogP contribution in [0.15, 0.2) is 53.6 Å². The summed E-state index contributed by atoms with van der Waals surface area (Å²) in [6, 6.07) is 13.3. The molecular weight excluding hydrogens is 410 g/mol. The van der Waals surface area contributed by atoms with Crippen molar-refractivity contribution in [1.29, 1.82) is 0 Å². The normalized spacial score (nSPS) is 12.4. The van der Waals surface area contributed by atoms with Crippen molar-refractivity contribution in [3.05, 3.63) is 69.8 Å². The predicted molar refractivity (Wildman–Crippen MR) is 123 cm³/mol. The summed E-state index contributed by atoms with van der Waals surface area (Å²) in [4.78, 5) is 32.8. The van der Waals surface area contributed by atoms with Crippen molar-refractivity contribution in [2.45, 2.75) is 26.3 Å². The molecule has 0 spiro atoms. The Kier molecular flexibility index (Phi) is 5.50. The van der Waals surface area contributed by atoms with Gasteiger partial charge >= 0.3 is 0 Å². The molecule has 162 valence electrons. The topological polar surface area (TPSA) is 141 Å². The third-order valence-electron chi connectivity index (χ3n) is 5.09. The number of hydrogen-bond acceptors (Lipinski definition) is 7. The van der Waals surface area contributed by atoms with E-state index in [0.717, 1.165) is 6.42 Å². The van der Waals surface area contributed by atoms with Crippen LogP contribution in [0, 0.1) is 10.1 Å². The van der Waals surface area contributed by atoms with E-state index in [9.17, 15) is 14.9 Å². The Bertz CT molecular complexity index is 1380. The first kappa shape index (κ1) is 20.9. The number of carbonyl (C=O) groups is 1. The first-order valence-electron chi connectivity index (χ1n) is 10.1. The lowest BCUT2D eigenvalue weighted by Crippen LogP contribution is -2.32. The number of carbonyl (C=O) groups excluding carboxylic acids is 1. The van der Waals surface area contributed by atoms with Gasteiger partial charge in [-0.3, -0.25) is 14.9 Å². The third-order valence-corrected chi connectivity index (χ3v) is 5.09. The molecule has 10 nitrogen and oxygen atoms in total. The van der Waals surface area contributed by atoms with Crippen LogP contribution in [-0.4, -0.2) is 37.7 Å². The SMILES string of the molecule is CC[C@@H](C)NC(=O)c1c(N)n(/N=C\c2cccc([N+](=O)[O-])c2)c2nc3ccccc3nc12. The summed E-state index contributed by atoms with van der Waals surface area (Å²) >= 11 is 0. The van der Waals surface area contributed by atoms with E-state index in [2.05, 4.69) is 20.4 Å². The standard InChI is InChI=1S/C22H21N7O3/c1-3-13(2)25-22(30)18-19-21(27-17-10-5-4-9-16(17)26-19)28(20(18)23)24-12-14-7-6-8-15(11-14)29(31)32/h4-13H,3,23H2,1-2H3,(H,25,30)/b24-12-/t13-/m1/s1. The minimum atomic E-state index is -0.480. The molecule has 10 heteroatoms. The number of rotatable bonds is 6. The summed E-state index contributed by atoms with van der Waals surface area (Å²) in [5.74, 6) is -0.284. The molecule has 0 saturated carbocycles. The Morgan fingerprint density at radius 1 is 1.25 bits per heavy atom. The minimum absolute atomic E-state index is 0.0536. The molecule has 0 aliphatic carbocycles. The van der Waals surface area contributed by atoms with Gasteiger partial charge in [-0.2, -0.15) is 9.78 Å². The van der Waals surface area contributed by atoms with E-state index in [1.807, 2.05) is 26.0 Å². The smallest absolute Gasteiger partial charge is 0.270 e. The highest BCUT2D eigenvalue weighted by atomic mass is 16.6. The molecule has 1 atom stereocenters. The number of anilines is 1. The lowest BCUT2D eigenvalue weighted by atomic mass is 10.2. The van der Waals surface area contributed by atoms with Crippen LogP contribution in [0.3, 0.4) is 0 Å². The Balaban J connectivity index is 1.88. The highest BCUT2D eigenvalue weighted by Gasteiger charge is 2.24. The Hall–Kier alpha value is -4.34. The van der Waals surface area contributed by atoms with Crippen LogP contribution in [0.25, 0.3) is 22.2 Å². The number of nitrogens with zero attached hydrogens (tertiary/aromatic N) is 5. The number of para-hydroxylation sites is 2. The number of non-ortho nitro benzene ring substituents is 1. The first-order chi connectivity index (χ1) is 15.4. The molecule has 0 fully saturated rings. The average molecular weight is 431 g/mol. The first-order valence-corrected chi connectivity index (χ1v) is 10.1. The van der Waals surface area contributed by atoms with Gasteiger partial charge in [-0.25, -0.2) is 9.97 Å². The van der Waals surface area contributed by atoms with Gasteiger partial charge in [0, 0.05) is 23.7 Å². The molecular formula is C22H21N7O3. The summed E-state index contributed by atoms with van der Waals surface area (Å²) < 4.78 is 1.33. The number of nitrogen functional groups attached to an aromatic ring is 1. The number of hydrogen-bond donors (Lipinski definition) is 2. The maximum atomic E-state index is 13.0. The number of fused-ring (bicyclic) bond motifs is 2. The lowest BCUT2D eigenvalue weighted by Gasteiger charge is -2.11. The summed E-state index contributed by atoms with van der Waals surface area (Å²) in [5.41, 5.74) is 8.87. The molecule has 2 heterocycles. The molecule has 0 aliphatic heterocycles. The second-order valence-corrected chi connectivity index (χ2v) is 7.34. The Morgan fingerprint density at radius 2 is 1.97 bits per heavy atom. The van der Waals surface area contributed by atoms with Crippen molar-refractivity contribution >= 4 is 45.8 Å². The summed E-state index contributed by atoms with van der Waals surface area (Å²) in [5, 5.41) is 18.3. The van der Waals surface area contributed by atoms with Crippen molar-refractivity contribution in [2.75, 3.05) is 5.73 Å². The van der Waals surface area contributed by atoms with E-state index in [1.165, 1.54) is 23.0 Å². The minimum Gasteiger partial charge on any atom is -0.383 e. The number of amides is 1. The van der Waals surface area contributed by atoms with E-state index >= 15 is 0 Å². The largest absolute Gasteiger partial charge is 0.383 e. The average Bonchev–Trinajstić information content (AvgIpc) is 3.06. The van der Waals surface area contributed by atoms with E-state index in [0.29, 0.717) is 27.8 Å². The van der Waals surface area contributed by atoms with Gasteiger partial charge in [0.15, 0.2) is 5.65 Å². The molecule has 4 aromatic rings. The van der Waals surface area contributed by atoms with E-state index in [1.54, 1.807) is 24.3 Å². The maximum absolute atomic E-state index is 13.0. The van der Waals surface area contributed by atoms with Crippen LogP contribution < -0.4 is 11.1 Å². The van der Waals surface area contributed by atoms with Gasteiger partial charge < -0.3 is 11.1 Å². The monoisotopic (exact) mass is 431 g/mol. The van der Waals surface area contributed by atoms with Crippen molar-refractivity contribution < 1.29 is 9.72 Å². The zero-order valence-electron chi connectivity index (χ0n) is 17.5. The number of aromatic nitrogens is 3. The predicted octanol–water partition coefficient (Wildman–Crippen LogP) is 3.49. The molecule has 32 heavy (non-hydrogen) atoms. The number of nitro groups is 1. The molecule has 0 unspecified atom stereocenters. The highest BCUT2D eigenvalue weighted by Crippen LogP contribution is 2.28. The molecule has 3 N–H and O–H groups in total. The lowest BCUT2D eigenvalue weighted by molar-refractivity contribution is -0.384. The number of nitrogens with two attached hydrogens (primary N) is 1. The van der Waals surface area contributed by atoms with Crippen LogP contribution in [0.5, 0.6) is 0 Å². The highest BCUT2D eigenvalue weighted by molar-refractivity contribution is 6.10. The van der Waals surface area contributed by atoms with Crippen molar-refractivity contribution in [3.63, 3.8) is 0 Å². The van der Waals surface area contributed by atoms with Gasteiger partial charge in [-0.1, -0.05) is 31.2 Å². The molecule has 0 saturated heterocycles. The van der Waals surface area contributed by atoms with Gasteiger partial charge in [0.25, 0.3) is 11.6 Å². The quantitative estimate of drug-likeness (QED) is 0.272. The van der Waals surface area contributed by atoms with Gasteiger partial charge in [0.1, 0.15) is 16.9 Å². The fraction of sp³-hybridized carbons (Fsp3) is 0.182. The second kappa shape index (κ2) is 8.42. The summed E-state index contributed by atoms with van der Waals surface area (Å²) in [7, 11) is 0. The zero-order valence-corrected chi connectivity index (χ0v) is 17.5. The number of benzene rings is 2. The molecule has 0 bridgehead atoms. The van der Waals surface area contributed by atoms with Crippen LogP contribution in [0.2, 0.25) is 0 Å². The van der Waals surface area contributed by atoms with Gasteiger partial charge in [0.2, 0.25) is 0 Å². The fourth-order valence-corrected chi connectivity index (χ4v) is 3.23. The van der Waals surface area contributed by atoms with E-state index in [-0.39, 0.29) is 29.0 Å². The number of nitro benzene ring substituents is 1. The van der Waals surface area contributed by atoms with Crippen LogP contribution in [0.4, 0.5) is 11.5 Å². The van der Waals surface area contributed by atoms with Crippen molar-refractivity contribution in [2.24, 2.45) is 5.10 Å². The molecule has 0 radical (unpaired) electrons. The van der Waals surface area contributed by atoms with E-state index < -0.39 is 4.92 Å². The van der Waals surface area contributed by atoms with Crippen LogP contribution >= 0.6 is 0 Å². The number of nitrogens with one attached hydrogen (secondary N) is 1. The molecule has 2 aromatic heterocycles. The maximum Gasteiger partial charge on any atom is 0.270 e. The van der Waals surface area contributed by atoms with Crippen molar-refractivity contribution in [3.8, 4) is 0 Å². The summed E-state index contributed by atoms with van der Waals surface area (Å²) in [6.45, 7) is 3.86. The Labute approximate surface area is 182 Å².